The van der Waals surface area contributed by atoms with Crippen LogP contribution in [0.1, 0.15) is 11.1 Å². The van der Waals surface area contributed by atoms with Gasteiger partial charge in [0.2, 0.25) is 11.8 Å². The summed E-state index contributed by atoms with van der Waals surface area (Å²) in [6.07, 6.45) is 4.23. The highest BCUT2D eigenvalue weighted by Crippen LogP contribution is 2.19. The zero-order valence-electron chi connectivity index (χ0n) is 13.7. The zero-order chi connectivity index (χ0) is 17.6. The Morgan fingerprint density at radius 3 is 2.56 bits per heavy atom. The van der Waals surface area contributed by atoms with Crippen molar-refractivity contribution in [1.82, 2.24) is 10.3 Å². The summed E-state index contributed by atoms with van der Waals surface area (Å²) in [7, 11) is 0. The van der Waals surface area contributed by atoms with Crippen LogP contribution >= 0.6 is 0 Å². The SMILES string of the molecule is NC(=O)C(Cc1c[nH]c2ccccc12)NC(=O)[CH]Cc1ccccc1. The molecule has 5 heteroatoms. The molecule has 1 radical (unpaired) electrons. The molecule has 0 saturated carbocycles. The molecule has 25 heavy (non-hydrogen) atoms. The van der Waals surface area contributed by atoms with E-state index >= 15 is 0 Å². The molecule has 1 atom stereocenters. The largest absolute Gasteiger partial charge is 0.368 e. The van der Waals surface area contributed by atoms with Crippen molar-refractivity contribution in [3.8, 4) is 0 Å². The minimum Gasteiger partial charge on any atom is -0.368 e. The Kier molecular flexibility index (Phi) is 5.14. The lowest BCUT2D eigenvalue weighted by Gasteiger charge is -2.15. The quantitative estimate of drug-likeness (QED) is 0.618. The molecule has 0 aliphatic rings. The van der Waals surface area contributed by atoms with Crippen LogP contribution < -0.4 is 11.1 Å². The second-order valence-corrected chi connectivity index (χ2v) is 5.92. The first-order chi connectivity index (χ1) is 12.1. The number of H-pyrrole nitrogens is 1. The van der Waals surface area contributed by atoms with Crippen molar-refractivity contribution >= 4 is 22.7 Å². The Bertz CT molecular complexity index is 871. The Labute approximate surface area is 146 Å². The lowest BCUT2D eigenvalue weighted by molar-refractivity contribution is -0.125. The van der Waals surface area contributed by atoms with Crippen molar-refractivity contribution in [1.29, 1.82) is 0 Å². The Hall–Kier alpha value is -3.08. The maximum Gasteiger partial charge on any atom is 0.240 e. The van der Waals surface area contributed by atoms with E-state index in [0.717, 1.165) is 22.0 Å². The third-order valence-corrected chi connectivity index (χ3v) is 4.12. The van der Waals surface area contributed by atoms with Crippen LogP contribution in [0.25, 0.3) is 10.9 Å². The summed E-state index contributed by atoms with van der Waals surface area (Å²) in [6, 6.07) is 16.7. The molecule has 0 aliphatic carbocycles. The number of amides is 2. The molecule has 1 unspecified atom stereocenters. The van der Waals surface area contributed by atoms with Gasteiger partial charge >= 0.3 is 0 Å². The van der Waals surface area contributed by atoms with Gasteiger partial charge in [0.1, 0.15) is 6.04 Å². The number of para-hydroxylation sites is 1. The molecule has 3 aromatic rings. The summed E-state index contributed by atoms with van der Waals surface area (Å²) in [5.41, 5.74) is 8.44. The van der Waals surface area contributed by atoms with Gasteiger partial charge in [-0.3, -0.25) is 9.59 Å². The molecule has 0 bridgehead atoms. The minimum absolute atomic E-state index is 0.299. The van der Waals surface area contributed by atoms with E-state index in [1.165, 1.54) is 6.42 Å². The van der Waals surface area contributed by atoms with E-state index in [4.69, 9.17) is 5.73 Å². The first kappa shape index (κ1) is 16.8. The van der Waals surface area contributed by atoms with Crippen molar-refractivity contribution in [3.05, 3.63) is 78.3 Å². The van der Waals surface area contributed by atoms with E-state index in [1.807, 2.05) is 60.8 Å². The molecule has 3 rings (SSSR count). The van der Waals surface area contributed by atoms with Gasteiger partial charge in [-0.15, -0.1) is 0 Å². The third-order valence-electron chi connectivity index (χ3n) is 4.12. The molecule has 0 aliphatic heterocycles. The van der Waals surface area contributed by atoms with Crippen LogP contribution in [0.5, 0.6) is 0 Å². The van der Waals surface area contributed by atoms with Gasteiger partial charge in [0.15, 0.2) is 0 Å². The van der Waals surface area contributed by atoms with E-state index in [1.54, 1.807) is 0 Å². The number of aromatic amines is 1. The van der Waals surface area contributed by atoms with Gasteiger partial charge in [0, 0.05) is 23.5 Å². The van der Waals surface area contributed by atoms with Crippen molar-refractivity contribution in [2.24, 2.45) is 5.73 Å². The lowest BCUT2D eigenvalue weighted by Crippen LogP contribution is -2.46. The predicted octanol–water partition coefficient (Wildman–Crippen LogP) is 2.13. The van der Waals surface area contributed by atoms with Gasteiger partial charge in [0.25, 0.3) is 0 Å². The molecule has 0 spiro atoms. The predicted molar refractivity (Wildman–Crippen MR) is 97.6 cm³/mol. The van der Waals surface area contributed by atoms with Gasteiger partial charge in [-0.25, -0.2) is 0 Å². The van der Waals surface area contributed by atoms with Crippen LogP contribution in [0.4, 0.5) is 0 Å². The monoisotopic (exact) mass is 334 g/mol. The highest BCUT2D eigenvalue weighted by Gasteiger charge is 2.20. The summed E-state index contributed by atoms with van der Waals surface area (Å²) < 4.78 is 0. The number of primary amides is 1. The second-order valence-electron chi connectivity index (χ2n) is 5.92. The number of rotatable bonds is 7. The summed E-state index contributed by atoms with van der Waals surface area (Å²) in [5.74, 6) is -0.848. The number of carbonyl (C=O) groups excluding carboxylic acids is 2. The molecule has 4 N–H and O–H groups in total. The highest BCUT2D eigenvalue weighted by atomic mass is 16.2. The fourth-order valence-electron chi connectivity index (χ4n) is 2.80. The first-order valence-electron chi connectivity index (χ1n) is 8.15. The van der Waals surface area contributed by atoms with Gasteiger partial charge < -0.3 is 16.0 Å². The summed E-state index contributed by atoms with van der Waals surface area (Å²) in [6.45, 7) is 0. The standard InChI is InChI=1S/C20H20N3O2/c21-20(25)18(12-15-13-22-17-9-5-4-8-16(15)17)23-19(24)11-10-14-6-2-1-3-7-14/h1-9,11,13,18,22H,10,12H2,(H2,21,25)(H,23,24). The van der Waals surface area contributed by atoms with Crippen LogP contribution in [0, 0.1) is 6.42 Å². The Morgan fingerprint density at radius 2 is 1.80 bits per heavy atom. The molecule has 127 valence electrons. The molecule has 0 saturated heterocycles. The van der Waals surface area contributed by atoms with Crippen molar-refractivity contribution in [2.45, 2.75) is 18.9 Å². The molecule has 2 amide bonds. The van der Waals surface area contributed by atoms with E-state index in [-0.39, 0.29) is 5.91 Å². The van der Waals surface area contributed by atoms with Gasteiger partial charge in [0.05, 0.1) is 6.42 Å². The number of nitrogens with two attached hydrogens (primary N) is 1. The van der Waals surface area contributed by atoms with E-state index in [2.05, 4.69) is 10.3 Å². The minimum atomic E-state index is -0.751. The first-order valence-corrected chi connectivity index (χ1v) is 8.15. The fourth-order valence-corrected chi connectivity index (χ4v) is 2.80. The van der Waals surface area contributed by atoms with Gasteiger partial charge in [-0.05, 0) is 23.6 Å². The van der Waals surface area contributed by atoms with Crippen LogP contribution in [0.15, 0.2) is 60.8 Å². The Balaban J connectivity index is 1.63. The molecular formula is C20H20N3O2. The summed E-state index contributed by atoms with van der Waals surface area (Å²) >= 11 is 0. The van der Waals surface area contributed by atoms with Gasteiger partial charge in [-0.2, -0.15) is 0 Å². The maximum absolute atomic E-state index is 12.1. The van der Waals surface area contributed by atoms with Crippen LogP contribution in [-0.2, 0) is 22.4 Å². The van der Waals surface area contributed by atoms with E-state index in [0.29, 0.717) is 12.8 Å². The number of nitrogens with one attached hydrogen (secondary N) is 2. The average Bonchev–Trinajstić information content (AvgIpc) is 3.03. The summed E-state index contributed by atoms with van der Waals surface area (Å²) in [5, 5.41) is 3.73. The third kappa shape index (κ3) is 4.26. The maximum atomic E-state index is 12.1. The molecule has 1 heterocycles. The van der Waals surface area contributed by atoms with E-state index in [9.17, 15) is 9.59 Å². The second kappa shape index (κ2) is 7.66. The van der Waals surface area contributed by atoms with Crippen molar-refractivity contribution < 1.29 is 9.59 Å². The highest BCUT2D eigenvalue weighted by molar-refractivity contribution is 5.91. The number of aromatic nitrogens is 1. The molecular weight excluding hydrogens is 314 g/mol. The van der Waals surface area contributed by atoms with E-state index < -0.39 is 11.9 Å². The number of carbonyl (C=O) groups is 2. The number of benzene rings is 2. The Morgan fingerprint density at radius 1 is 1.08 bits per heavy atom. The topological polar surface area (TPSA) is 88.0 Å². The molecule has 5 nitrogen and oxygen atoms in total. The van der Waals surface area contributed by atoms with Crippen LogP contribution in [0.3, 0.4) is 0 Å². The van der Waals surface area contributed by atoms with Gasteiger partial charge in [-0.1, -0.05) is 48.5 Å². The van der Waals surface area contributed by atoms with Crippen molar-refractivity contribution in [2.75, 3.05) is 0 Å². The van der Waals surface area contributed by atoms with Crippen molar-refractivity contribution in [3.63, 3.8) is 0 Å². The molecule has 2 aromatic carbocycles. The lowest BCUT2D eigenvalue weighted by atomic mass is 10.0. The molecule has 0 fully saturated rings. The fraction of sp³-hybridized carbons (Fsp3) is 0.150. The number of fused-ring (bicyclic) bond motifs is 1. The smallest absolute Gasteiger partial charge is 0.240 e. The number of hydrogen-bond acceptors (Lipinski definition) is 2. The normalized spacial score (nSPS) is 12.0. The average molecular weight is 334 g/mol. The zero-order valence-corrected chi connectivity index (χ0v) is 13.7. The van der Waals surface area contributed by atoms with Crippen LogP contribution in [-0.4, -0.2) is 22.8 Å². The molecule has 1 aromatic heterocycles. The van der Waals surface area contributed by atoms with Crippen LogP contribution in [0.2, 0.25) is 0 Å². The number of hydrogen-bond donors (Lipinski definition) is 3. The summed E-state index contributed by atoms with van der Waals surface area (Å²) in [4.78, 5) is 27.1.